The van der Waals surface area contributed by atoms with Crippen LogP contribution < -0.4 is 5.32 Å². The van der Waals surface area contributed by atoms with Gasteiger partial charge in [-0.05, 0) is 43.0 Å². The van der Waals surface area contributed by atoms with Crippen LogP contribution in [0.1, 0.15) is 15.9 Å². The zero-order chi connectivity index (χ0) is 21.1. The molecule has 3 aromatic rings. The minimum Gasteiger partial charge on any atom is -0.336 e. The van der Waals surface area contributed by atoms with Gasteiger partial charge in [0.2, 0.25) is 5.91 Å². The van der Waals surface area contributed by atoms with Crippen molar-refractivity contribution in [3.63, 3.8) is 0 Å². The number of thiazole rings is 1. The highest BCUT2D eigenvalue weighted by molar-refractivity contribution is 7.22. The van der Waals surface area contributed by atoms with E-state index in [2.05, 4.69) is 22.2 Å². The number of aromatic nitrogens is 1. The molecule has 0 atom stereocenters. The average Bonchev–Trinajstić information content (AvgIpc) is 3.14. The van der Waals surface area contributed by atoms with Crippen LogP contribution in [0.15, 0.2) is 48.5 Å². The number of halogens is 1. The van der Waals surface area contributed by atoms with E-state index < -0.39 is 0 Å². The van der Waals surface area contributed by atoms with E-state index in [4.69, 9.17) is 11.6 Å². The molecule has 2 aromatic carbocycles. The number of hydrogen-bond donors (Lipinski definition) is 1. The lowest BCUT2D eigenvalue weighted by molar-refractivity contribution is -0.111. The first-order valence-electron chi connectivity index (χ1n) is 9.61. The second-order valence-electron chi connectivity index (χ2n) is 7.14. The van der Waals surface area contributed by atoms with Crippen LogP contribution in [0.2, 0.25) is 5.02 Å². The van der Waals surface area contributed by atoms with Gasteiger partial charge in [-0.15, -0.1) is 0 Å². The molecule has 0 aliphatic carbocycles. The monoisotopic (exact) mass is 440 g/mol. The zero-order valence-corrected chi connectivity index (χ0v) is 18.0. The van der Waals surface area contributed by atoms with Crippen LogP contribution in [0.25, 0.3) is 16.3 Å². The highest BCUT2D eigenvalue weighted by Gasteiger charge is 2.21. The molecule has 1 aliphatic heterocycles. The molecular weight excluding hydrogens is 420 g/mol. The third-order valence-electron chi connectivity index (χ3n) is 4.98. The number of likely N-dealkylation sites (N-methyl/N-ethyl adjacent to an activating group) is 1. The maximum Gasteiger partial charge on any atom is 0.253 e. The summed E-state index contributed by atoms with van der Waals surface area (Å²) in [6.45, 7) is 3.23. The van der Waals surface area contributed by atoms with Gasteiger partial charge in [-0.1, -0.05) is 41.1 Å². The molecule has 0 saturated carbocycles. The van der Waals surface area contributed by atoms with Crippen LogP contribution in [-0.4, -0.2) is 59.8 Å². The van der Waals surface area contributed by atoms with Crippen molar-refractivity contribution >= 4 is 56.2 Å². The normalized spacial score (nSPS) is 15.1. The van der Waals surface area contributed by atoms with Crippen molar-refractivity contribution in [2.24, 2.45) is 0 Å². The Morgan fingerprint density at radius 1 is 1.13 bits per heavy atom. The van der Waals surface area contributed by atoms with E-state index in [-0.39, 0.29) is 11.8 Å². The maximum atomic E-state index is 12.8. The average molecular weight is 441 g/mol. The van der Waals surface area contributed by atoms with Gasteiger partial charge in [0, 0.05) is 42.8 Å². The van der Waals surface area contributed by atoms with Gasteiger partial charge in [0.05, 0.1) is 10.2 Å². The molecule has 154 valence electrons. The summed E-state index contributed by atoms with van der Waals surface area (Å²) in [5, 5.41) is 3.85. The third kappa shape index (κ3) is 4.70. The number of amides is 2. The molecule has 1 aliphatic rings. The number of carbonyl (C=O) groups excluding carboxylic acids is 2. The number of carbonyl (C=O) groups is 2. The van der Waals surface area contributed by atoms with Gasteiger partial charge in [-0.3, -0.25) is 14.9 Å². The molecule has 0 radical (unpaired) electrons. The summed E-state index contributed by atoms with van der Waals surface area (Å²) in [6.07, 6.45) is 3.09. The second-order valence-corrected chi connectivity index (χ2v) is 8.58. The Labute approximate surface area is 183 Å². The highest BCUT2D eigenvalue weighted by atomic mass is 35.5. The van der Waals surface area contributed by atoms with Gasteiger partial charge in [-0.2, -0.15) is 0 Å². The summed E-state index contributed by atoms with van der Waals surface area (Å²) < 4.78 is 0.861. The van der Waals surface area contributed by atoms with E-state index in [0.717, 1.165) is 42.0 Å². The number of fused-ring (bicyclic) bond motifs is 1. The van der Waals surface area contributed by atoms with Crippen molar-refractivity contribution in [3.05, 3.63) is 64.7 Å². The van der Waals surface area contributed by atoms with E-state index >= 15 is 0 Å². The van der Waals surface area contributed by atoms with E-state index in [1.807, 2.05) is 35.2 Å². The smallest absolute Gasteiger partial charge is 0.253 e. The Morgan fingerprint density at radius 2 is 1.90 bits per heavy atom. The number of hydrogen-bond acceptors (Lipinski definition) is 5. The van der Waals surface area contributed by atoms with Crippen LogP contribution in [0.3, 0.4) is 0 Å². The highest BCUT2D eigenvalue weighted by Crippen LogP contribution is 2.27. The third-order valence-corrected chi connectivity index (χ3v) is 6.25. The minimum absolute atomic E-state index is 0.0339. The quantitative estimate of drug-likeness (QED) is 0.623. The molecule has 0 bridgehead atoms. The molecule has 1 aromatic heterocycles. The summed E-state index contributed by atoms with van der Waals surface area (Å²) in [5.74, 6) is -0.255. The van der Waals surface area contributed by atoms with Crippen LogP contribution in [0.5, 0.6) is 0 Å². The Hall–Kier alpha value is -2.74. The van der Waals surface area contributed by atoms with Crippen LogP contribution in [0, 0.1) is 0 Å². The van der Waals surface area contributed by atoms with Gasteiger partial charge < -0.3 is 9.80 Å². The fraction of sp³-hybridized carbons (Fsp3) is 0.227. The van der Waals surface area contributed by atoms with Gasteiger partial charge in [-0.25, -0.2) is 4.98 Å². The molecule has 6 nitrogen and oxygen atoms in total. The number of rotatable bonds is 4. The van der Waals surface area contributed by atoms with E-state index in [1.54, 1.807) is 18.2 Å². The molecule has 2 heterocycles. The lowest BCUT2D eigenvalue weighted by atomic mass is 10.1. The fourth-order valence-electron chi connectivity index (χ4n) is 3.23. The Kier molecular flexibility index (Phi) is 6.13. The predicted molar refractivity (Wildman–Crippen MR) is 122 cm³/mol. The Morgan fingerprint density at radius 3 is 2.67 bits per heavy atom. The molecule has 30 heavy (non-hydrogen) atoms. The maximum absolute atomic E-state index is 12.8. The predicted octanol–water partition coefficient (Wildman–Crippen LogP) is 3.99. The molecule has 1 N–H and O–H groups in total. The van der Waals surface area contributed by atoms with Crippen molar-refractivity contribution in [2.75, 3.05) is 38.5 Å². The first-order valence-corrected chi connectivity index (χ1v) is 10.8. The lowest BCUT2D eigenvalue weighted by Crippen LogP contribution is -2.47. The molecule has 2 amide bonds. The zero-order valence-electron chi connectivity index (χ0n) is 16.5. The number of anilines is 1. The Bertz CT molecular complexity index is 1120. The summed E-state index contributed by atoms with van der Waals surface area (Å²) in [7, 11) is 2.06. The first-order chi connectivity index (χ1) is 14.5. The molecule has 0 unspecified atom stereocenters. The number of nitrogens with one attached hydrogen (secondary N) is 1. The van der Waals surface area contributed by atoms with Crippen LogP contribution in [-0.2, 0) is 4.79 Å². The van der Waals surface area contributed by atoms with Crippen molar-refractivity contribution in [1.29, 1.82) is 0 Å². The summed E-state index contributed by atoms with van der Waals surface area (Å²) >= 11 is 7.45. The van der Waals surface area contributed by atoms with E-state index in [0.29, 0.717) is 15.7 Å². The van der Waals surface area contributed by atoms with Crippen molar-refractivity contribution in [3.8, 4) is 0 Å². The minimum atomic E-state index is -0.289. The molecule has 4 rings (SSSR count). The van der Waals surface area contributed by atoms with Crippen LogP contribution in [0.4, 0.5) is 5.13 Å². The second kappa shape index (κ2) is 8.95. The van der Waals surface area contributed by atoms with Gasteiger partial charge >= 0.3 is 0 Å². The lowest BCUT2D eigenvalue weighted by Gasteiger charge is -2.32. The molecule has 1 fully saturated rings. The largest absolute Gasteiger partial charge is 0.336 e. The van der Waals surface area contributed by atoms with Crippen molar-refractivity contribution in [1.82, 2.24) is 14.8 Å². The number of nitrogens with zero attached hydrogens (tertiary/aromatic N) is 3. The summed E-state index contributed by atoms with van der Waals surface area (Å²) in [5.41, 5.74) is 2.16. The molecular formula is C22H21ClN4O2S. The topological polar surface area (TPSA) is 65.5 Å². The summed E-state index contributed by atoms with van der Waals surface area (Å²) in [6, 6.07) is 12.8. The van der Waals surface area contributed by atoms with Gasteiger partial charge in [0.15, 0.2) is 5.13 Å². The SMILES string of the molecule is CN1CCN(C(=O)c2ccc3nc(NC(=O)/C=C/c4ccccc4Cl)sc3c2)CC1. The number of piperazine rings is 1. The van der Waals surface area contributed by atoms with Crippen molar-refractivity contribution < 1.29 is 9.59 Å². The molecule has 0 spiro atoms. The molecule has 1 saturated heterocycles. The van der Waals surface area contributed by atoms with Gasteiger partial charge in [0.25, 0.3) is 5.91 Å². The van der Waals surface area contributed by atoms with Crippen molar-refractivity contribution in [2.45, 2.75) is 0 Å². The summed E-state index contributed by atoms with van der Waals surface area (Å²) in [4.78, 5) is 33.6. The first kappa shape index (κ1) is 20.5. The number of benzene rings is 2. The fourth-order valence-corrected chi connectivity index (χ4v) is 4.33. The van der Waals surface area contributed by atoms with E-state index in [9.17, 15) is 9.59 Å². The molecule has 8 heteroatoms. The van der Waals surface area contributed by atoms with E-state index in [1.165, 1.54) is 17.4 Å². The Balaban J connectivity index is 1.45. The van der Waals surface area contributed by atoms with Gasteiger partial charge in [0.1, 0.15) is 0 Å². The van der Waals surface area contributed by atoms with Crippen LogP contribution >= 0.6 is 22.9 Å². The standard InChI is InChI=1S/C22H21ClN4O2S/c1-26-10-12-27(13-11-26)21(29)16-6-8-18-19(14-16)30-22(24-18)25-20(28)9-7-15-4-2-3-5-17(15)23/h2-9,14H,10-13H2,1H3,(H,24,25,28)/b9-7+.